The molecule has 1 atom stereocenters. The van der Waals surface area contributed by atoms with Gasteiger partial charge in [0.15, 0.2) is 0 Å². The Morgan fingerprint density at radius 2 is 1.38 bits per heavy atom. The summed E-state index contributed by atoms with van der Waals surface area (Å²) in [5.41, 5.74) is 10.5. The molecule has 0 saturated carbocycles. The van der Waals surface area contributed by atoms with Crippen LogP contribution in [0.15, 0.2) is 156 Å². The maximum atomic E-state index is 3.75. The van der Waals surface area contributed by atoms with Gasteiger partial charge in [-0.05, 0) is 18.9 Å². The van der Waals surface area contributed by atoms with Gasteiger partial charge in [-0.25, -0.2) is 0 Å². The van der Waals surface area contributed by atoms with Gasteiger partial charge in [-0.1, -0.05) is 96.5 Å². The first-order chi connectivity index (χ1) is 19.5. The SMILES string of the molecule is Cc1ccc2c(c1)=[C-]C1=C(C3=CC=CC3)C(C)(c3ccccc3)C=CC=21.[Cl-].[Cl-].[Zr+2]=[C](c1ccccc1)c1ccccc1. The molecule has 3 heteroatoms. The van der Waals surface area contributed by atoms with Gasteiger partial charge in [0.25, 0.3) is 0 Å². The van der Waals surface area contributed by atoms with Crippen molar-refractivity contribution in [1.82, 2.24) is 0 Å². The van der Waals surface area contributed by atoms with Crippen molar-refractivity contribution >= 4 is 14.9 Å². The summed E-state index contributed by atoms with van der Waals surface area (Å²) in [4.78, 5) is 0. The Morgan fingerprint density at radius 1 is 0.786 bits per heavy atom. The van der Waals surface area contributed by atoms with Crippen molar-refractivity contribution in [1.29, 1.82) is 0 Å². The number of rotatable bonds is 4. The van der Waals surface area contributed by atoms with E-state index in [9.17, 15) is 0 Å². The summed E-state index contributed by atoms with van der Waals surface area (Å²) >= 11 is 1.46. The minimum absolute atomic E-state index is 0. The third-order valence-electron chi connectivity index (χ3n) is 7.94. The van der Waals surface area contributed by atoms with Crippen LogP contribution in [0.4, 0.5) is 0 Å². The molecule has 0 aromatic heterocycles. The Morgan fingerprint density at radius 3 is 1.95 bits per heavy atom. The summed E-state index contributed by atoms with van der Waals surface area (Å²) in [5, 5.41) is 2.53. The third-order valence-corrected chi connectivity index (χ3v) is 9.36. The van der Waals surface area contributed by atoms with Crippen LogP contribution < -0.4 is 35.3 Å². The summed E-state index contributed by atoms with van der Waals surface area (Å²) < 4.78 is 1.42. The average molecular weight is 662 g/mol. The van der Waals surface area contributed by atoms with Gasteiger partial charge in [0, 0.05) is 5.41 Å². The molecule has 206 valence electrons. The Balaban J connectivity index is 0.000000217. The van der Waals surface area contributed by atoms with Crippen LogP contribution in [-0.4, -0.2) is 3.21 Å². The molecule has 4 aromatic carbocycles. The van der Waals surface area contributed by atoms with E-state index in [2.05, 4.69) is 159 Å². The molecule has 0 nitrogen and oxygen atoms in total. The number of hydrogen-bond acceptors (Lipinski definition) is 0. The van der Waals surface area contributed by atoms with Crippen molar-refractivity contribution in [2.24, 2.45) is 0 Å². The van der Waals surface area contributed by atoms with Crippen LogP contribution in [0.25, 0.3) is 11.6 Å². The van der Waals surface area contributed by atoms with E-state index in [0.717, 1.165) is 6.42 Å². The molecule has 0 heterocycles. The quantitative estimate of drug-likeness (QED) is 0.290. The number of fused-ring (bicyclic) bond motifs is 2. The Bertz CT molecular complexity index is 1790. The van der Waals surface area contributed by atoms with Crippen LogP contribution in [-0.2, 0) is 29.7 Å². The predicted octanol–water partition coefficient (Wildman–Crippen LogP) is 1.34. The molecule has 0 radical (unpaired) electrons. The first-order valence-corrected chi connectivity index (χ1v) is 15.1. The molecule has 0 fully saturated rings. The zero-order valence-electron chi connectivity index (χ0n) is 23.7. The Kier molecular flexibility index (Phi) is 10.6. The Hall–Kier alpha value is -3.09. The van der Waals surface area contributed by atoms with Crippen LogP contribution >= 0.6 is 0 Å². The van der Waals surface area contributed by atoms with Gasteiger partial charge in [0.1, 0.15) is 0 Å². The van der Waals surface area contributed by atoms with E-state index >= 15 is 0 Å². The zero-order valence-corrected chi connectivity index (χ0v) is 27.7. The fourth-order valence-electron chi connectivity index (χ4n) is 5.82. The third kappa shape index (κ3) is 6.30. The molecule has 42 heavy (non-hydrogen) atoms. The number of halogens is 2. The van der Waals surface area contributed by atoms with Crippen molar-refractivity contribution in [3.8, 4) is 0 Å². The van der Waals surface area contributed by atoms with Crippen LogP contribution in [0.3, 0.4) is 0 Å². The van der Waals surface area contributed by atoms with Crippen LogP contribution in [0, 0.1) is 6.92 Å². The minimum atomic E-state index is -0.137. The van der Waals surface area contributed by atoms with E-state index in [-0.39, 0.29) is 30.2 Å². The number of allylic oxidation sites excluding steroid dienone is 8. The van der Waals surface area contributed by atoms with E-state index in [1.54, 1.807) is 0 Å². The van der Waals surface area contributed by atoms with Crippen molar-refractivity contribution in [3.05, 3.63) is 189 Å². The molecule has 3 aliphatic rings. The van der Waals surface area contributed by atoms with E-state index in [0.29, 0.717) is 0 Å². The first kappa shape index (κ1) is 31.8. The molecule has 0 bridgehead atoms. The number of benzene rings is 4. The summed E-state index contributed by atoms with van der Waals surface area (Å²) in [5.74, 6) is 0. The molecule has 7 rings (SSSR count). The van der Waals surface area contributed by atoms with Gasteiger partial charge in [0.2, 0.25) is 0 Å². The normalized spacial score (nSPS) is 17.5. The second-order valence-electron chi connectivity index (χ2n) is 10.7. The van der Waals surface area contributed by atoms with E-state index in [4.69, 9.17) is 0 Å². The fourth-order valence-corrected chi connectivity index (χ4v) is 6.64. The van der Waals surface area contributed by atoms with Crippen LogP contribution in [0.5, 0.6) is 0 Å². The van der Waals surface area contributed by atoms with Crippen molar-refractivity contribution in [3.63, 3.8) is 0 Å². The Labute approximate surface area is 276 Å². The molecule has 3 aliphatic carbocycles. The molecule has 1 unspecified atom stereocenters. The van der Waals surface area contributed by atoms with Gasteiger partial charge in [-0.15, -0.1) is 33.7 Å². The van der Waals surface area contributed by atoms with E-state index in [1.165, 1.54) is 82.4 Å². The van der Waals surface area contributed by atoms with Crippen molar-refractivity contribution in [2.45, 2.75) is 25.7 Å². The van der Waals surface area contributed by atoms with Crippen LogP contribution in [0.1, 0.15) is 35.6 Å². The number of hydrogen-bond donors (Lipinski definition) is 0. The van der Waals surface area contributed by atoms with Gasteiger partial charge >= 0.3 is 99.2 Å². The first-order valence-electron chi connectivity index (χ1n) is 13.8. The summed E-state index contributed by atoms with van der Waals surface area (Å²) in [6.07, 6.45) is 16.1. The van der Waals surface area contributed by atoms with Crippen molar-refractivity contribution in [2.75, 3.05) is 0 Å². The summed E-state index contributed by atoms with van der Waals surface area (Å²) in [6, 6.07) is 38.6. The topological polar surface area (TPSA) is 0 Å². The summed E-state index contributed by atoms with van der Waals surface area (Å²) in [6.45, 7) is 4.49. The van der Waals surface area contributed by atoms with Gasteiger partial charge in [0.05, 0.1) is 0 Å². The van der Waals surface area contributed by atoms with E-state index in [1.807, 2.05) is 0 Å². The number of aryl methyl sites for hydroxylation is 1. The fraction of sp³-hybridized carbons (Fsp3) is 0.103. The van der Waals surface area contributed by atoms with Gasteiger partial charge < -0.3 is 24.8 Å². The molecule has 0 aliphatic heterocycles. The predicted molar refractivity (Wildman–Crippen MR) is 165 cm³/mol. The van der Waals surface area contributed by atoms with Crippen LogP contribution in [0.2, 0.25) is 0 Å². The molecule has 0 N–H and O–H groups in total. The molecule has 0 amide bonds. The second-order valence-corrected chi connectivity index (χ2v) is 11.9. The molecular formula is C39H31Cl2Zr-. The monoisotopic (exact) mass is 659 g/mol. The second kappa shape index (κ2) is 13.9. The molecule has 0 saturated heterocycles. The van der Waals surface area contributed by atoms with Crippen molar-refractivity contribution < 1.29 is 49.0 Å². The standard InChI is InChI=1S/C26H21.C13H10.2ClH.Zr/c1-18-12-13-22-20(16-18)17-24-23(22)14-15-26(2,21-10-4-3-5-11-21)25(24)19-8-6-7-9-19;1-3-7-12(8-4-1)11-13-9-5-2-6-10-13;;;/h3-8,10-16H,9H2,1-2H3;1-10H;2*1H;/q-1;;;;+2/p-2. The zero-order chi connectivity index (χ0) is 27.5. The molecule has 4 aromatic rings. The van der Waals surface area contributed by atoms with E-state index < -0.39 is 0 Å². The van der Waals surface area contributed by atoms with Gasteiger partial charge in [-0.3, -0.25) is 0 Å². The van der Waals surface area contributed by atoms with Gasteiger partial charge in [-0.2, -0.15) is 0 Å². The molecular weight excluding hydrogens is 631 g/mol. The molecule has 0 spiro atoms. The summed E-state index contributed by atoms with van der Waals surface area (Å²) in [7, 11) is 0. The average Bonchev–Trinajstić information content (AvgIpc) is 3.66. The maximum absolute atomic E-state index is 3.75.